The van der Waals surface area contributed by atoms with E-state index in [1.54, 1.807) is 0 Å². The van der Waals surface area contributed by atoms with Gasteiger partial charge in [0.1, 0.15) is 18.5 Å². The molecule has 3 rings (SSSR count). The highest BCUT2D eigenvalue weighted by Crippen LogP contribution is 2.30. The number of carbonyl (C=O) groups is 1. The predicted molar refractivity (Wildman–Crippen MR) is 83.7 cm³/mol. The summed E-state index contributed by atoms with van der Waals surface area (Å²) < 4.78 is 16.5. The summed E-state index contributed by atoms with van der Waals surface area (Å²) in [4.78, 5) is 12.0. The Balaban J connectivity index is 1.45. The quantitative estimate of drug-likeness (QED) is 0.915. The Morgan fingerprint density at radius 3 is 2.83 bits per heavy atom. The third kappa shape index (κ3) is 3.64. The second-order valence-electron chi connectivity index (χ2n) is 5.60. The zero-order valence-corrected chi connectivity index (χ0v) is 13.3. The highest BCUT2D eigenvalue weighted by Gasteiger charge is 2.21. The molecule has 1 aromatic carbocycles. The van der Waals surface area contributed by atoms with Crippen LogP contribution in [0.25, 0.3) is 0 Å². The van der Waals surface area contributed by atoms with Crippen LogP contribution in [0.4, 0.5) is 0 Å². The summed E-state index contributed by atoms with van der Waals surface area (Å²) in [6, 6.07) is 7.53. The Labute approximate surface area is 134 Å². The molecule has 0 unspecified atom stereocenters. The van der Waals surface area contributed by atoms with Crippen LogP contribution in [0.3, 0.4) is 0 Å². The molecule has 0 bridgehead atoms. The standard InChI is InChI=1S/C17H20N2O4/c1-11-14(12(2)23-19-11)7-8-17(20)18-9-13-10-21-15-5-3-4-6-16(15)22-13/h3-6,13H,7-10H2,1-2H3,(H,18,20)/t13-/m0/s1. The summed E-state index contributed by atoms with van der Waals surface area (Å²) in [7, 11) is 0. The van der Waals surface area contributed by atoms with Crippen LogP contribution >= 0.6 is 0 Å². The summed E-state index contributed by atoms with van der Waals surface area (Å²) >= 11 is 0. The molecule has 0 saturated carbocycles. The van der Waals surface area contributed by atoms with E-state index in [-0.39, 0.29) is 12.0 Å². The second kappa shape index (κ2) is 6.73. The van der Waals surface area contributed by atoms with Gasteiger partial charge in [-0.2, -0.15) is 0 Å². The minimum absolute atomic E-state index is 0.0209. The first-order valence-electron chi connectivity index (χ1n) is 7.70. The van der Waals surface area contributed by atoms with Gasteiger partial charge >= 0.3 is 0 Å². The first kappa shape index (κ1) is 15.4. The Hall–Kier alpha value is -2.50. The van der Waals surface area contributed by atoms with E-state index in [9.17, 15) is 4.79 Å². The summed E-state index contributed by atoms with van der Waals surface area (Å²) in [5.74, 6) is 2.21. The van der Waals surface area contributed by atoms with Crippen LogP contribution in [0.1, 0.15) is 23.4 Å². The molecule has 6 heteroatoms. The maximum atomic E-state index is 12.0. The van der Waals surface area contributed by atoms with Crippen molar-refractivity contribution in [1.29, 1.82) is 0 Å². The Morgan fingerprint density at radius 1 is 1.30 bits per heavy atom. The molecule has 2 heterocycles. The number of ether oxygens (including phenoxy) is 2. The highest BCUT2D eigenvalue weighted by molar-refractivity contribution is 5.76. The van der Waals surface area contributed by atoms with E-state index in [4.69, 9.17) is 14.0 Å². The highest BCUT2D eigenvalue weighted by atomic mass is 16.6. The Morgan fingerprint density at radius 2 is 2.09 bits per heavy atom. The SMILES string of the molecule is Cc1noc(C)c1CCC(=O)NC[C@H]1COc2ccccc2O1. The number of nitrogens with zero attached hydrogens (tertiary/aromatic N) is 1. The van der Waals surface area contributed by atoms with E-state index in [0.717, 1.165) is 22.8 Å². The lowest BCUT2D eigenvalue weighted by Crippen LogP contribution is -2.40. The van der Waals surface area contributed by atoms with Crippen molar-refractivity contribution in [3.05, 3.63) is 41.3 Å². The fraction of sp³-hybridized carbons (Fsp3) is 0.412. The van der Waals surface area contributed by atoms with Crippen LogP contribution < -0.4 is 14.8 Å². The van der Waals surface area contributed by atoms with E-state index >= 15 is 0 Å². The molecule has 1 atom stereocenters. The Bertz CT molecular complexity index is 676. The van der Waals surface area contributed by atoms with Crippen molar-refractivity contribution in [2.24, 2.45) is 0 Å². The van der Waals surface area contributed by atoms with Crippen LogP contribution in [0.5, 0.6) is 11.5 Å². The molecule has 1 N–H and O–H groups in total. The summed E-state index contributed by atoms with van der Waals surface area (Å²) in [5, 5.41) is 6.78. The van der Waals surface area contributed by atoms with Crippen molar-refractivity contribution in [2.75, 3.05) is 13.2 Å². The molecule has 0 saturated heterocycles. The van der Waals surface area contributed by atoms with Crippen LogP contribution in [0, 0.1) is 13.8 Å². The molecule has 2 aromatic rings. The van der Waals surface area contributed by atoms with Crippen molar-refractivity contribution < 1.29 is 18.8 Å². The molecule has 1 aromatic heterocycles. The van der Waals surface area contributed by atoms with Gasteiger partial charge in [0.15, 0.2) is 11.5 Å². The average Bonchev–Trinajstić information content (AvgIpc) is 2.89. The van der Waals surface area contributed by atoms with Crippen LogP contribution in [0.2, 0.25) is 0 Å². The number of carbonyl (C=O) groups excluding carboxylic acids is 1. The molecule has 0 spiro atoms. The first-order valence-corrected chi connectivity index (χ1v) is 7.70. The average molecular weight is 316 g/mol. The molecule has 122 valence electrons. The van der Waals surface area contributed by atoms with E-state index in [2.05, 4.69) is 10.5 Å². The fourth-order valence-corrected chi connectivity index (χ4v) is 2.58. The normalized spacial score (nSPS) is 16.2. The maximum Gasteiger partial charge on any atom is 0.220 e. The number of nitrogens with one attached hydrogen (secondary N) is 1. The molecule has 0 radical (unpaired) electrons. The van der Waals surface area contributed by atoms with E-state index in [1.807, 2.05) is 38.1 Å². The number of aromatic nitrogens is 1. The maximum absolute atomic E-state index is 12.0. The second-order valence-corrected chi connectivity index (χ2v) is 5.60. The number of para-hydroxylation sites is 2. The Kier molecular flexibility index (Phi) is 4.50. The van der Waals surface area contributed by atoms with Gasteiger partial charge in [-0.1, -0.05) is 17.3 Å². The summed E-state index contributed by atoms with van der Waals surface area (Å²) in [6.45, 7) is 4.60. The predicted octanol–water partition coefficient (Wildman–Crippen LogP) is 2.18. The fourth-order valence-electron chi connectivity index (χ4n) is 2.58. The number of amides is 1. The summed E-state index contributed by atoms with van der Waals surface area (Å²) in [6.07, 6.45) is 0.846. The minimum atomic E-state index is -0.173. The number of hydrogen-bond donors (Lipinski definition) is 1. The topological polar surface area (TPSA) is 73.6 Å². The van der Waals surface area contributed by atoms with Crippen molar-refractivity contribution in [1.82, 2.24) is 10.5 Å². The van der Waals surface area contributed by atoms with Gasteiger partial charge in [0.2, 0.25) is 5.91 Å². The zero-order chi connectivity index (χ0) is 16.2. The van der Waals surface area contributed by atoms with Gasteiger partial charge in [-0.25, -0.2) is 0 Å². The van der Waals surface area contributed by atoms with Crippen molar-refractivity contribution >= 4 is 5.91 Å². The van der Waals surface area contributed by atoms with Crippen LogP contribution in [-0.4, -0.2) is 30.3 Å². The lowest BCUT2D eigenvalue weighted by Gasteiger charge is -2.26. The summed E-state index contributed by atoms with van der Waals surface area (Å²) in [5.41, 5.74) is 1.85. The molecule has 1 aliphatic heterocycles. The van der Waals surface area contributed by atoms with Gasteiger partial charge in [-0.3, -0.25) is 4.79 Å². The largest absolute Gasteiger partial charge is 0.486 e. The molecule has 1 aliphatic rings. The molecular formula is C17H20N2O4. The molecule has 0 aliphatic carbocycles. The van der Waals surface area contributed by atoms with Gasteiger partial charge in [0.25, 0.3) is 0 Å². The van der Waals surface area contributed by atoms with E-state index in [0.29, 0.717) is 31.7 Å². The molecular weight excluding hydrogens is 296 g/mol. The van der Waals surface area contributed by atoms with Gasteiger partial charge in [-0.15, -0.1) is 0 Å². The third-order valence-electron chi connectivity index (χ3n) is 3.88. The van der Waals surface area contributed by atoms with Gasteiger partial charge in [0, 0.05) is 12.0 Å². The van der Waals surface area contributed by atoms with Crippen LogP contribution in [-0.2, 0) is 11.2 Å². The lowest BCUT2D eigenvalue weighted by atomic mass is 10.1. The number of hydrogen-bond acceptors (Lipinski definition) is 5. The number of benzene rings is 1. The third-order valence-corrected chi connectivity index (χ3v) is 3.88. The molecule has 6 nitrogen and oxygen atoms in total. The van der Waals surface area contributed by atoms with E-state index < -0.39 is 0 Å². The van der Waals surface area contributed by atoms with E-state index in [1.165, 1.54) is 0 Å². The van der Waals surface area contributed by atoms with Crippen molar-refractivity contribution in [3.63, 3.8) is 0 Å². The van der Waals surface area contributed by atoms with Crippen molar-refractivity contribution in [3.8, 4) is 11.5 Å². The monoisotopic (exact) mass is 316 g/mol. The number of fused-ring (bicyclic) bond motifs is 1. The van der Waals surface area contributed by atoms with Crippen LogP contribution in [0.15, 0.2) is 28.8 Å². The van der Waals surface area contributed by atoms with Gasteiger partial charge in [0.05, 0.1) is 12.2 Å². The van der Waals surface area contributed by atoms with Gasteiger partial charge in [-0.05, 0) is 32.4 Å². The smallest absolute Gasteiger partial charge is 0.220 e. The van der Waals surface area contributed by atoms with Crippen molar-refractivity contribution in [2.45, 2.75) is 32.8 Å². The van der Waals surface area contributed by atoms with Gasteiger partial charge < -0.3 is 19.3 Å². The first-order chi connectivity index (χ1) is 11.1. The number of aryl methyl sites for hydroxylation is 2. The zero-order valence-electron chi connectivity index (χ0n) is 13.3. The molecule has 0 fully saturated rings. The molecule has 23 heavy (non-hydrogen) atoms. The lowest BCUT2D eigenvalue weighted by molar-refractivity contribution is -0.121. The number of rotatable bonds is 5. The minimum Gasteiger partial charge on any atom is -0.486 e. The molecule has 1 amide bonds.